The summed E-state index contributed by atoms with van der Waals surface area (Å²) in [4.78, 5) is 14.5. The van der Waals surface area contributed by atoms with Gasteiger partial charge in [0.05, 0.1) is 4.90 Å². The summed E-state index contributed by atoms with van der Waals surface area (Å²) in [6.45, 7) is 3.11. The molecule has 28 heavy (non-hydrogen) atoms. The molecule has 2 aromatic carbocycles. The topological polar surface area (TPSA) is 69.7 Å². The van der Waals surface area contributed by atoms with Gasteiger partial charge >= 0.3 is 0 Å². The lowest BCUT2D eigenvalue weighted by atomic mass is 10.2. The standard InChI is InChI=1S/C20H24ClN3O3S/c21-18-6-4-5-17(15-18)16-24(28(26,27)19-7-2-1-3-8-19)12-9-20(25)23-13-10-22-11-14-23/h1-8,15,22H,9-14,16H2. The molecule has 1 aliphatic heterocycles. The minimum atomic E-state index is -3.73. The molecule has 8 heteroatoms. The number of benzene rings is 2. The van der Waals surface area contributed by atoms with Crippen molar-refractivity contribution in [3.8, 4) is 0 Å². The molecule has 150 valence electrons. The maximum Gasteiger partial charge on any atom is 0.243 e. The van der Waals surface area contributed by atoms with Crippen molar-refractivity contribution in [2.45, 2.75) is 17.9 Å². The van der Waals surface area contributed by atoms with E-state index < -0.39 is 10.0 Å². The molecule has 0 bridgehead atoms. The maximum absolute atomic E-state index is 13.2. The molecule has 0 spiro atoms. The summed E-state index contributed by atoms with van der Waals surface area (Å²) in [5, 5.41) is 3.75. The number of hydrogen-bond donors (Lipinski definition) is 1. The minimum absolute atomic E-state index is 0.0270. The minimum Gasteiger partial charge on any atom is -0.340 e. The highest BCUT2D eigenvalue weighted by Crippen LogP contribution is 2.20. The van der Waals surface area contributed by atoms with E-state index in [-0.39, 0.29) is 30.3 Å². The van der Waals surface area contributed by atoms with Gasteiger partial charge < -0.3 is 10.2 Å². The average molecular weight is 422 g/mol. The molecule has 1 N–H and O–H groups in total. The van der Waals surface area contributed by atoms with Gasteiger partial charge in [0.2, 0.25) is 15.9 Å². The van der Waals surface area contributed by atoms with Gasteiger partial charge in [-0.05, 0) is 29.8 Å². The second-order valence-electron chi connectivity index (χ2n) is 6.66. The van der Waals surface area contributed by atoms with E-state index >= 15 is 0 Å². The Balaban J connectivity index is 1.78. The predicted molar refractivity (Wildman–Crippen MR) is 110 cm³/mol. The third-order valence-corrected chi connectivity index (χ3v) is 6.77. The first-order valence-corrected chi connectivity index (χ1v) is 11.1. The first-order chi connectivity index (χ1) is 13.5. The Labute approximate surface area is 171 Å². The lowest BCUT2D eigenvalue weighted by Crippen LogP contribution is -2.47. The molecule has 0 aliphatic carbocycles. The van der Waals surface area contributed by atoms with Gasteiger partial charge in [0.15, 0.2) is 0 Å². The highest BCUT2D eigenvalue weighted by Gasteiger charge is 2.26. The monoisotopic (exact) mass is 421 g/mol. The normalized spacial score (nSPS) is 15.0. The van der Waals surface area contributed by atoms with Crippen LogP contribution in [0.1, 0.15) is 12.0 Å². The number of rotatable bonds is 7. The molecule has 0 unspecified atom stereocenters. The van der Waals surface area contributed by atoms with E-state index in [0.29, 0.717) is 18.1 Å². The number of nitrogens with one attached hydrogen (secondary N) is 1. The fourth-order valence-electron chi connectivity index (χ4n) is 3.16. The van der Waals surface area contributed by atoms with Gasteiger partial charge in [0.1, 0.15) is 0 Å². The predicted octanol–water partition coefficient (Wildman–Crippen LogP) is 2.35. The molecule has 0 saturated carbocycles. The molecule has 0 atom stereocenters. The van der Waals surface area contributed by atoms with Crippen molar-refractivity contribution >= 4 is 27.5 Å². The van der Waals surface area contributed by atoms with Crippen LogP contribution >= 0.6 is 11.6 Å². The molecule has 1 aliphatic rings. The van der Waals surface area contributed by atoms with Crippen molar-refractivity contribution in [2.75, 3.05) is 32.7 Å². The van der Waals surface area contributed by atoms with Crippen molar-refractivity contribution in [2.24, 2.45) is 0 Å². The first kappa shape index (κ1) is 20.8. The number of halogens is 1. The Morgan fingerprint density at radius 1 is 1.07 bits per heavy atom. The number of sulfonamides is 1. The van der Waals surface area contributed by atoms with Gasteiger partial charge in [0, 0.05) is 50.7 Å². The summed E-state index contributed by atoms with van der Waals surface area (Å²) in [5.41, 5.74) is 0.779. The number of piperazine rings is 1. The van der Waals surface area contributed by atoms with Gasteiger partial charge in [-0.25, -0.2) is 8.42 Å². The number of carbonyl (C=O) groups is 1. The van der Waals surface area contributed by atoms with Crippen molar-refractivity contribution in [1.82, 2.24) is 14.5 Å². The second kappa shape index (κ2) is 9.52. The first-order valence-electron chi connectivity index (χ1n) is 9.25. The molecular formula is C20H24ClN3O3S. The van der Waals surface area contributed by atoms with E-state index in [9.17, 15) is 13.2 Å². The zero-order valence-electron chi connectivity index (χ0n) is 15.6. The molecule has 6 nitrogen and oxygen atoms in total. The van der Waals surface area contributed by atoms with Gasteiger partial charge in [0.25, 0.3) is 0 Å². The number of nitrogens with zero attached hydrogens (tertiary/aromatic N) is 2. The Morgan fingerprint density at radius 3 is 2.46 bits per heavy atom. The van der Waals surface area contributed by atoms with Crippen LogP contribution in [0.15, 0.2) is 59.5 Å². The molecule has 3 rings (SSSR count). The van der Waals surface area contributed by atoms with Crippen LogP contribution in [0.5, 0.6) is 0 Å². The second-order valence-corrected chi connectivity index (χ2v) is 9.04. The number of carbonyl (C=O) groups excluding carboxylic acids is 1. The van der Waals surface area contributed by atoms with Crippen LogP contribution in [0.4, 0.5) is 0 Å². The van der Waals surface area contributed by atoms with Crippen molar-refractivity contribution < 1.29 is 13.2 Å². The summed E-state index contributed by atoms with van der Waals surface area (Å²) >= 11 is 6.05. The van der Waals surface area contributed by atoms with Crippen LogP contribution in [0.25, 0.3) is 0 Å². The van der Waals surface area contributed by atoms with E-state index in [1.54, 1.807) is 53.4 Å². The van der Waals surface area contributed by atoms with Crippen LogP contribution < -0.4 is 5.32 Å². The molecule has 1 amide bonds. The van der Waals surface area contributed by atoms with Gasteiger partial charge in [-0.15, -0.1) is 0 Å². The number of hydrogen-bond acceptors (Lipinski definition) is 4. The molecule has 2 aromatic rings. The quantitative estimate of drug-likeness (QED) is 0.745. The summed E-state index contributed by atoms with van der Waals surface area (Å²) in [6, 6.07) is 15.4. The average Bonchev–Trinajstić information content (AvgIpc) is 2.72. The van der Waals surface area contributed by atoms with E-state index in [2.05, 4.69) is 5.32 Å². The van der Waals surface area contributed by atoms with Crippen LogP contribution in [0.2, 0.25) is 5.02 Å². The summed E-state index contributed by atoms with van der Waals surface area (Å²) in [6.07, 6.45) is 0.145. The van der Waals surface area contributed by atoms with Gasteiger partial charge in [-0.2, -0.15) is 4.31 Å². The summed E-state index contributed by atoms with van der Waals surface area (Å²) in [5.74, 6) is -0.0270. The van der Waals surface area contributed by atoms with Gasteiger partial charge in [-0.1, -0.05) is 41.9 Å². The zero-order chi connectivity index (χ0) is 20.0. The lowest BCUT2D eigenvalue weighted by molar-refractivity contribution is -0.131. The smallest absolute Gasteiger partial charge is 0.243 e. The zero-order valence-corrected chi connectivity index (χ0v) is 17.1. The van der Waals surface area contributed by atoms with E-state index in [1.807, 2.05) is 6.07 Å². The lowest BCUT2D eigenvalue weighted by Gasteiger charge is -2.29. The number of amides is 1. The molecule has 0 radical (unpaired) electrons. The van der Waals surface area contributed by atoms with Crippen LogP contribution in [0, 0.1) is 0 Å². The molecule has 1 fully saturated rings. The Bertz CT molecular complexity index is 900. The summed E-state index contributed by atoms with van der Waals surface area (Å²) < 4.78 is 27.7. The summed E-state index contributed by atoms with van der Waals surface area (Å²) in [7, 11) is -3.73. The Kier molecular flexibility index (Phi) is 7.07. The largest absolute Gasteiger partial charge is 0.340 e. The van der Waals surface area contributed by atoms with Gasteiger partial charge in [-0.3, -0.25) is 4.79 Å². The molecule has 1 saturated heterocycles. The highest BCUT2D eigenvalue weighted by molar-refractivity contribution is 7.89. The fraction of sp³-hybridized carbons (Fsp3) is 0.350. The molecule has 0 aromatic heterocycles. The van der Waals surface area contributed by atoms with E-state index in [0.717, 1.165) is 18.7 Å². The van der Waals surface area contributed by atoms with Crippen LogP contribution in [-0.4, -0.2) is 56.3 Å². The van der Waals surface area contributed by atoms with E-state index in [1.165, 1.54) is 4.31 Å². The Morgan fingerprint density at radius 2 is 1.79 bits per heavy atom. The van der Waals surface area contributed by atoms with Crippen molar-refractivity contribution in [1.29, 1.82) is 0 Å². The van der Waals surface area contributed by atoms with Crippen LogP contribution in [0.3, 0.4) is 0 Å². The Hall–Kier alpha value is -1.93. The maximum atomic E-state index is 13.2. The molecule has 1 heterocycles. The molecular weight excluding hydrogens is 398 g/mol. The van der Waals surface area contributed by atoms with Crippen molar-refractivity contribution in [3.05, 3.63) is 65.2 Å². The van der Waals surface area contributed by atoms with Crippen molar-refractivity contribution in [3.63, 3.8) is 0 Å². The SMILES string of the molecule is O=C(CCN(Cc1cccc(Cl)c1)S(=O)(=O)c1ccccc1)N1CCNCC1. The fourth-order valence-corrected chi connectivity index (χ4v) is 4.82. The third-order valence-electron chi connectivity index (χ3n) is 4.67. The van der Waals surface area contributed by atoms with E-state index in [4.69, 9.17) is 11.6 Å². The third kappa shape index (κ3) is 5.32. The van der Waals surface area contributed by atoms with Crippen LogP contribution in [-0.2, 0) is 21.4 Å². The highest BCUT2D eigenvalue weighted by atomic mass is 35.5.